The Labute approximate surface area is 87.4 Å². The third-order valence-electron chi connectivity index (χ3n) is 2.51. The van der Waals surface area contributed by atoms with Gasteiger partial charge in [0.05, 0.1) is 6.67 Å². The summed E-state index contributed by atoms with van der Waals surface area (Å²) < 4.78 is 12.3. The first-order valence-corrected chi connectivity index (χ1v) is 4.89. The van der Waals surface area contributed by atoms with Crippen LogP contribution in [0.1, 0.15) is 12.8 Å². The summed E-state index contributed by atoms with van der Waals surface area (Å²) in [5.41, 5.74) is 0. The fraction of sp³-hybridized carbons (Fsp3) is 0.600. The van der Waals surface area contributed by atoms with Crippen LogP contribution < -0.4 is 0 Å². The molecular weight excluding hydrogens is 201 g/mol. The van der Waals surface area contributed by atoms with E-state index in [1.54, 1.807) is 4.90 Å². The number of carbonyl (C=O) groups is 2. The van der Waals surface area contributed by atoms with Crippen LogP contribution in [0.3, 0.4) is 0 Å². The van der Waals surface area contributed by atoms with Gasteiger partial charge in [0.2, 0.25) is 5.91 Å². The number of nitrogens with zero attached hydrogens (tertiary/aromatic N) is 1. The molecule has 1 heterocycles. The zero-order valence-corrected chi connectivity index (χ0v) is 8.36. The van der Waals surface area contributed by atoms with E-state index in [-0.39, 0.29) is 18.5 Å². The van der Waals surface area contributed by atoms with E-state index in [9.17, 15) is 14.0 Å². The van der Waals surface area contributed by atoms with Crippen LogP contribution in [0.5, 0.6) is 0 Å². The Hall–Kier alpha value is -1.39. The van der Waals surface area contributed by atoms with Crippen molar-refractivity contribution in [3.63, 3.8) is 0 Å². The molecule has 1 amide bonds. The molecule has 0 bridgehead atoms. The Morgan fingerprint density at radius 3 is 2.40 bits per heavy atom. The molecule has 0 saturated carbocycles. The van der Waals surface area contributed by atoms with Crippen molar-refractivity contribution in [1.29, 1.82) is 0 Å². The second-order valence-corrected chi connectivity index (χ2v) is 3.59. The van der Waals surface area contributed by atoms with Gasteiger partial charge >= 0.3 is 5.97 Å². The van der Waals surface area contributed by atoms with E-state index in [1.807, 2.05) is 0 Å². The molecule has 0 aromatic heterocycles. The normalized spacial score (nSPS) is 18.3. The Bertz CT molecular complexity index is 270. The summed E-state index contributed by atoms with van der Waals surface area (Å²) in [6, 6.07) is 0. The molecule has 0 aromatic rings. The van der Waals surface area contributed by atoms with Gasteiger partial charge in [-0.05, 0) is 18.8 Å². The van der Waals surface area contributed by atoms with Crippen LogP contribution in [0.2, 0.25) is 0 Å². The quantitative estimate of drug-likeness (QED) is 0.709. The van der Waals surface area contributed by atoms with Crippen molar-refractivity contribution in [2.24, 2.45) is 5.92 Å². The van der Waals surface area contributed by atoms with Crippen molar-refractivity contribution in [2.45, 2.75) is 12.8 Å². The number of aliphatic carboxylic acids is 1. The zero-order valence-electron chi connectivity index (χ0n) is 8.36. The lowest BCUT2D eigenvalue weighted by molar-refractivity contribution is -0.132. The first kappa shape index (κ1) is 11.7. The standard InChI is InChI=1S/C10H14FNO3/c11-7-8-3-5-12(6-4-8)9(13)1-2-10(14)15/h1-2,8H,3-7H2,(H,14,15)/b2-1+. The van der Waals surface area contributed by atoms with Crippen LogP contribution in [0.4, 0.5) is 4.39 Å². The minimum absolute atomic E-state index is 0.0532. The molecule has 5 heteroatoms. The number of alkyl halides is 1. The Kier molecular flexibility index (Phi) is 4.27. The van der Waals surface area contributed by atoms with Crippen molar-refractivity contribution in [3.05, 3.63) is 12.2 Å². The number of rotatable bonds is 3. The molecule has 1 N–H and O–H groups in total. The summed E-state index contributed by atoms with van der Waals surface area (Å²) in [5, 5.41) is 8.33. The summed E-state index contributed by atoms with van der Waals surface area (Å²) in [6.45, 7) is 0.682. The van der Waals surface area contributed by atoms with E-state index in [0.29, 0.717) is 25.9 Å². The third kappa shape index (κ3) is 3.69. The van der Waals surface area contributed by atoms with Crippen LogP contribution in [0.25, 0.3) is 0 Å². The van der Waals surface area contributed by atoms with Crippen molar-refractivity contribution in [3.8, 4) is 0 Å². The summed E-state index contributed by atoms with van der Waals surface area (Å²) in [6.07, 6.45) is 3.17. The van der Waals surface area contributed by atoms with Gasteiger partial charge in [-0.25, -0.2) is 4.79 Å². The third-order valence-corrected chi connectivity index (χ3v) is 2.51. The molecule has 0 radical (unpaired) electrons. The summed E-state index contributed by atoms with van der Waals surface area (Å²) in [5.74, 6) is -1.39. The van der Waals surface area contributed by atoms with Crippen LogP contribution in [-0.4, -0.2) is 41.6 Å². The maximum Gasteiger partial charge on any atom is 0.328 e. The maximum absolute atomic E-state index is 12.3. The molecule has 1 aliphatic rings. The lowest BCUT2D eigenvalue weighted by Crippen LogP contribution is -2.38. The van der Waals surface area contributed by atoms with Crippen molar-refractivity contribution in [1.82, 2.24) is 4.90 Å². The molecule has 0 aromatic carbocycles. The molecule has 84 valence electrons. The number of halogens is 1. The first-order valence-electron chi connectivity index (χ1n) is 4.89. The second-order valence-electron chi connectivity index (χ2n) is 3.59. The zero-order chi connectivity index (χ0) is 11.3. The lowest BCUT2D eigenvalue weighted by Gasteiger charge is -2.29. The molecule has 0 aliphatic carbocycles. The maximum atomic E-state index is 12.3. The summed E-state index contributed by atoms with van der Waals surface area (Å²) in [4.78, 5) is 23.1. The molecule has 15 heavy (non-hydrogen) atoms. The van der Waals surface area contributed by atoms with E-state index < -0.39 is 5.97 Å². The van der Waals surface area contributed by atoms with E-state index >= 15 is 0 Å². The van der Waals surface area contributed by atoms with Crippen LogP contribution in [0.15, 0.2) is 12.2 Å². The van der Waals surface area contributed by atoms with Gasteiger partial charge in [-0.2, -0.15) is 0 Å². The highest BCUT2D eigenvalue weighted by atomic mass is 19.1. The minimum atomic E-state index is -1.14. The topological polar surface area (TPSA) is 57.6 Å². The fourth-order valence-electron chi connectivity index (χ4n) is 1.56. The molecule has 0 unspecified atom stereocenters. The average Bonchev–Trinajstić information content (AvgIpc) is 2.26. The van der Waals surface area contributed by atoms with Crippen LogP contribution >= 0.6 is 0 Å². The molecule has 1 fully saturated rings. The highest BCUT2D eigenvalue weighted by Crippen LogP contribution is 2.17. The molecule has 0 atom stereocenters. The number of carboxylic acids is 1. The Morgan fingerprint density at radius 2 is 1.93 bits per heavy atom. The predicted molar refractivity (Wildman–Crippen MR) is 52.1 cm³/mol. The summed E-state index contributed by atoms with van der Waals surface area (Å²) in [7, 11) is 0. The van der Waals surface area contributed by atoms with E-state index in [1.165, 1.54) is 0 Å². The smallest absolute Gasteiger partial charge is 0.328 e. The second kappa shape index (κ2) is 5.48. The minimum Gasteiger partial charge on any atom is -0.478 e. The van der Waals surface area contributed by atoms with Gasteiger partial charge in [0.1, 0.15) is 0 Å². The SMILES string of the molecule is O=C(O)/C=C/C(=O)N1CCC(CF)CC1. The number of hydrogen-bond acceptors (Lipinski definition) is 2. The van der Waals surface area contributed by atoms with Crippen LogP contribution in [0, 0.1) is 5.92 Å². The van der Waals surface area contributed by atoms with Crippen molar-refractivity contribution in [2.75, 3.05) is 19.8 Å². The van der Waals surface area contributed by atoms with Gasteiger partial charge in [-0.1, -0.05) is 0 Å². The van der Waals surface area contributed by atoms with E-state index in [2.05, 4.69) is 0 Å². The summed E-state index contributed by atoms with van der Waals surface area (Å²) >= 11 is 0. The lowest BCUT2D eigenvalue weighted by atomic mass is 9.98. The van der Waals surface area contributed by atoms with E-state index in [0.717, 1.165) is 12.2 Å². The van der Waals surface area contributed by atoms with Crippen LogP contribution in [-0.2, 0) is 9.59 Å². The number of carboxylic acid groups (broad SMARTS) is 1. The molecule has 1 rings (SSSR count). The van der Waals surface area contributed by atoms with Crippen molar-refractivity contribution >= 4 is 11.9 Å². The van der Waals surface area contributed by atoms with Gasteiger partial charge in [0.15, 0.2) is 0 Å². The Morgan fingerprint density at radius 1 is 1.33 bits per heavy atom. The average molecular weight is 215 g/mol. The van der Waals surface area contributed by atoms with E-state index in [4.69, 9.17) is 5.11 Å². The molecule has 4 nitrogen and oxygen atoms in total. The first-order chi connectivity index (χ1) is 7.13. The van der Waals surface area contributed by atoms with Gasteiger partial charge < -0.3 is 10.0 Å². The highest BCUT2D eigenvalue weighted by molar-refractivity contribution is 5.93. The molecule has 1 aliphatic heterocycles. The number of hydrogen-bond donors (Lipinski definition) is 1. The highest BCUT2D eigenvalue weighted by Gasteiger charge is 2.21. The number of carbonyl (C=O) groups excluding carboxylic acids is 1. The molecular formula is C10H14FNO3. The molecule has 0 spiro atoms. The number of piperidine rings is 1. The van der Waals surface area contributed by atoms with Gasteiger partial charge in [0.25, 0.3) is 0 Å². The molecule has 1 saturated heterocycles. The number of likely N-dealkylation sites (tertiary alicyclic amines) is 1. The largest absolute Gasteiger partial charge is 0.478 e. The van der Waals surface area contributed by atoms with Gasteiger partial charge in [0, 0.05) is 25.2 Å². The monoisotopic (exact) mass is 215 g/mol. The number of amides is 1. The van der Waals surface area contributed by atoms with Gasteiger partial charge in [-0.15, -0.1) is 0 Å². The van der Waals surface area contributed by atoms with Crippen molar-refractivity contribution < 1.29 is 19.1 Å². The van der Waals surface area contributed by atoms with Gasteiger partial charge in [-0.3, -0.25) is 9.18 Å². The fourth-order valence-corrected chi connectivity index (χ4v) is 1.56. The Balaban J connectivity index is 2.39. The predicted octanol–water partition coefficient (Wildman–Crippen LogP) is 0.835.